The fraction of sp³-hybridized carbons (Fsp3) is 1.00. The zero-order chi connectivity index (χ0) is 55.5. The molecule has 8 nitrogen and oxygen atoms in total. The first kappa shape index (κ1) is 65.4. The van der Waals surface area contributed by atoms with Gasteiger partial charge in [-0.2, -0.15) is 154 Å². The van der Waals surface area contributed by atoms with Crippen molar-refractivity contribution in [1.82, 2.24) is 0 Å². The number of halogens is 35. The Morgan fingerprint density at radius 1 is 0.265 bits per heavy atom. The van der Waals surface area contributed by atoms with Gasteiger partial charge in [0, 0.05) is 19.3 Å². The van der Waals surface area contributed by atoms with E-state index in [4.69, 9.17) is 0 Å². The first-order valence-corrected chi connectivity index (χ1v) is 17.7. The Balaban J connectivity index is 11.6. The summed E-state index contributed by atoms with van der Waals surface area (Å²) >= 11 is 0. The minimum absolute atomic E-state index is 0.0649. The quantitative estimate of drug-likeness (QED) is 0.0720. The average Bonchev–Trinajstić information content (AvgIpc) is 3.03. The van der Waals surface area contributed by atoms with E-state index < -0.39 is 137 Å². The standard InChI is InChI=1S/C24H17F35O8Si/c1-4-7-68(60-5-2,61-6-3)67-24(65-11(28,19(48,49)50)20(51,52)53,66-12(29,21(54,55)56)22(57,58)59)23(62-8(25,13(30,31)32)14(33,34)35,63-9(26,15(36,37)38)16(39,40)41)64-10(27,17(42,43)44)18(45,46)47/h4-7H2,1-3H3. The highest BCUT2D eigenvalue weighted by Gasteiger charge is 2.93. The van der Waals surface area contributed by atoms with Crippen LogP contribution in [-0.2, 0) is 37.0 Å². The van der Waals surface area contributed by atoms with Crippen molar-refractivity contribution in [2.45, 2.75) is 136 Å². The summed E-state index contributed by atoms with van der Waals surface area (Å²) in [6, 6.07) is -2.52. The van der Waals surface area contributed by atoms with E-state index in [1.54, 1.807) is 9.47 Å². The van der Waals surface area contributed by atoms with Crippen molar-refractivity contribution in [3.8, 4) is 0 Å². The Kier molecular flexibility index (Phi) is 18.1. The van der Waals surface area contributed by atoms with E-state index in [9.17, 15) is 132 Å². The predicted octanol–water partition coefficient (Wildman–Crippen LogP) is 12.8. The molecule has 0 atom stereocenters. The number of rotatable bonds is 19. The Labute approximate surface area is 350 Å². The molecule has 68 heavy (non-hydrogen) atoms. The van der Waals surface area contributed by atoms with Crippen molar-refractivity contribution in [3.05, 3.63) is 0 Å². The van der Waals surface area contributed by atoms with Crippen LogP contribution in [0.3, 0.4) is 0 Å². The maximum absolute atomic E-state index is 15.7. The van der Waals surface area contributed by atoms with Crippen LogP contribution < -0.4 is 0 Å². The van der Waals surface area contributed by atoms with Gasteiger partial charge in [0.15, 0.2) is 0 Å². The highest BCUT2D eigenvalue weighted by molar-refractivity contribution is 6.60. The number of ether oxygens (including phenoxy) is 5. The molecule has 0 spiro atoms. The van der Waals surface area contributed by atoms with Gasteiger partial charge in [-0.3, -0.25) is 23.7 Å². The average molecular weight is 1130 g/mol. The van der Waals surface area contributed by atoms with Gasteiger partial charge in [0.25, 0.3) is 0 Å². The second-order valence-corrected chi connectivity index (χ2v) is 14.6. The van der Waals surface area contributed by atoms with Gasteiger partial charge in [-0.05, 0) is 13.8 Å². The molecule has 0 aromatic heterocycles. The van der Waals surface area contributed by atoms with Crippen molar-refractivity contribution >= 4 is 8.80 Å². The maximum Gasteiger partial charge on any atom is 0.505 e. The van der Waals surface area contributed by atoms with Crippen LogP contribution in [0.15, 0.2) is 0 Å². The Bertz CT molecular complexity index is 1420. The van der Waals surface area contributed by atoms with Crippen molar-refractivity contribution in [1.29, 1.82) is 0 Å². The predicted molar refractivity (Wildman–Crippen MR) is 136 cm³/mol. The molecular formula is C24H17F35O8Si. The lowest BCUT2D eigenvalue weighted by Crippen LogP contribution is -2.82. The van der Waals surface area contributed by atoms with E-state index >= 15 is 22.0 Å². The summed E-state index contributed by atoms with van der Waals surface area (Å²) in [6.07, 6.45) is -94.0. The van der Waals surface area contributed by atoms with Crippen molar-refractivity contribution in [2.75, 3.05) is 13.2 Å². The van der Waals surface area contributed by atoms with Crippen LogP contribution >= 0.6 is 0 Å². The van der Waals surface area contributed by atoms with Gasteiger partial charge >= 0.3 is 112 Å². The minimum atomic E-state index is -10.3. The Hall–Kier alpha value is -2.55. The smallest absolute Gasteiger partial charge is 0.374 e. The zero-order valence-corrected chi connectivity index (χ0v) is 32.3. The second-order valence-electron chi connectivity index (χ2n) is 12.0. The topological polar surface area (TPSA) is 73.8 Å². The van der Waals surface area contributed by atoms with Gasteiger partial charge in [0.2, 0.25) is 0 Å². The molecule has 0 aromatic rings. The third-order valence-corrected chi connectivity index (χ3v) is 10.1. The second kappa shape index (κ2) is 18.8. The molecule has 0 rings (SSSR count). The molecular weight excluding hydrogens is 1110 g/mol. The lowest BCUT2D eigenvalue weighted by Gasteiger charge is -2.55. The summed E-state index contributed by atoms with van der Waals surface area (Å²) in [6.45, 7) is -3.76. The van der Waals surface area contributed by atoms with Gasteiger partial charge in [0.05, 0.1) is 0 Å². The molecule has 44 heteroatoms. The normalized spacial score (nSPS) is 16.5. The van der Waals surface area contributed by atoms with Crippen molar-refractivity contribution in [3.63, 3.8) is 0 Å². The molecule has 0 N–H and O–H groups in total. The van der Waals surface area contributed by atoms with Crippen LogP contribution in [-0.4, -0.2) is 125 Å². The molecule has 0 saturated heterocycles. The fourth-order valence-corrected chi connectivity index (χ4v) is 6.76. The largest absolute Gasteiger partial charge is 0.505 e. The fourth-order valence-electron chi connectivity index (χ4n) is 4.05. The van der Waals surface area contributed by atoms with Crippen LogP contribution in [0.25, 0.3) is 0 Å². The zero-order valence-electron chi connectivity index (χ0n) is 31.3. The molecule has 410 valence electrons. The van der Waals surface area contributed by atoms with Crippen LogP contribution in [0.2, 0.25) is 6.04 Å². The van der Waals surface area contributed by atoms with Gasteiger partial charge < -0.3 is 13.3 Å². The molecule has 0 aliphatic rings. The van der Waals surface area contributed by atoms with Gasteiger partial charge in [-0.15, -0.1) is 0 Å². The summed E-state index contributed by atoms with van der Waals surface area (Å²) in [7, 11) is -7.83. The van der Waals surface area contributed by atoms with Crippen LogP contribution in [0, 0.1) is 0 Å². The van der Waals surface area contributed by atoms with Crippen molar-refractivity contribution in [2.24, 2.45) is 0 Å². The molecule has 0 heterocycles. The monoisotopic (exact) mass is 1130 g/mol. The highest BCUT2D eigenvalue weighted by atomic mass is 28.4. The summed E-state index contributed by atoms with van der Waals surface area (Å²) in [5, 5.41) is 0. The number of hydrogen-bond donors (Lipinski definition) is 0. The SMILES string of the molecule is CCC[Si](OCC)(OCC)OC(OC(F)(C(F)(F)F)C(F)(F)F)(OC(F)(C(F)(F)F)C(F)(F)F)C(OC(F)(C(F)(F)F)C(F)(F)F)(OC(F)(C(F)(F)F)C(F)(F)F)OC(F)(C(F)(F)F)C(F)(F)F. The first-order chi connectivity index (χ1) is 29.2. The molecule has 0 radical (unpaired) electrons. The van der Waals surface area contributed by atoms with Crippen molar-refractivity contribution < 1.29 is 191 Å². The lowest BCUT2D eigenvalue weighted by atomic mass is 10.2. The molecule has 0 bridgehead atoms. The lowest BCUT2D eigenvalue weighted by molar-refractivity contribution is -0.688. The molecule has 0 unspecified atom stereocenters. The Morgan fingerprint density at radius 3 is 0.559 bits per heavy atom. The molecule has 0 saturated carbocycles. The molecule has 0 aromatic carbocycles. The minimum Gasteiger partial charge on any atom is -0.374 e. The summed E-state index contributed by atoms with van der Waals surface area (Å²) in [4.78, 5) is 0. The first-order valence-electron chi connectivity index (χ1n) is 15.8. The van der Waals surface area contributed by atoms with Crippen LogP contribution in [0.1, 0.15) is 27.2 Å². The molecule has 0 aliphatic carbocycles. The summed E-state index contributed by atoms with van der Waals surface area (Å²) < 4.78 is 519. The van der Waals surface area contributed by atoms with Gasteiger partial charge in [0.1, 0.15) is 0 Å². The van der Waals surface area contributed by atoms with E-state index in [1.807, 2.05) is 0 Å². The summed E-state index contributed by atoms with van der Waals surface area (Å²) in [5.74, 6) is -68.4. The summed E-state index contributed by atoms with van der Waals surface area (Å²) in [5.41, 5.74) is 0. The molecule has 0 aliphatic heterocycles. The highest BCUT2D eigenvalue weighted by Crippen LogP contribution is 2.64. The van der Waals surface area contributed by atoms with Crippen LogP contribution in [0.5, 0.6) is 0 Å². The van der Waals surface area contributed by atoms with E-state index in [2.05, 4.69) is 13.3 Å². The third kappa shape index (κ3) is 11.9. The van der Waals surface area contributed by atoms with Gasteiger partial charge in [-0.1, -0.05) is 13.3 Å². The molecule has 0 fully saturated rings. The maximum atomic E-state index is 15.7. The van der Waals surface area contributed by atoms with E-state index in [0.29, 0.717) is 0 Å². The number of alkyl halides is 35. The Morgan fingerprint density at radius 2 is 0.426 bits per heavy atom. The molecule has 0 amide bonds. The van der Waals surface area contributed by atoms with E-state index in [-0.39, 0.29) is 20.8 Å². The third-order valence-electron chi connectivity index (χ3n) is 6.97. The number of hydrogen-bond acceptors (Lipinski definition) is 8. The van der Waals surface area contributed by atoms with E-state index in [1.165, 1.54) is 14.2 Å². The van der Waals surface area contributed by atoms with Crippen LogP contribution in [0.4, 0.5) is 154 Å². The van der Waals surface area contributed by atoms with Gasteiger partial charge in [-0.25, -0.2) is 0 Å². The van der Waals surface area contributed by atoms with E-state index in [0.717, 1.165) is 0 Å².